The molecule has 0 aliphatic carbocycles. The molecule has 2 unspecified atom stereocenters. The zero-order valence-electron chi connectivity index (χ0n) is 12.6. The van der Waals surface area contributed by atoms with Crippen molar-refractivity contribution >= 4 is 5.91 Å². The van der Waals surface area contributed by atoms with Crippen molar-refractivity contribution in [3.8, 4) is 11.5 Å². The standard InChI is InChI=1S/C15H24N2O3/c1-5-6-13(16)15(18)17-10(2)12-8-7-11(19-3)9-14(12)20-4/h7-10,13H,5-6,16H2,1-4H3,(H,17,18). The second kappa shape index (κ2) is 7.75. The number of rotatable bonds is 7. The molecule has 0 aliphatic rings. The molecule has 0 heterocycles. The van der Waals surface area contributed by atoms with E-state index in [9.17, 15) is 4.79 Å². The number of benzene rings is 1. The molecule has 1 amide bonds. The Bertz CT molecular complexity index is 449. The van der Waals surface area contributed by atoms with Crippen LogP contribution in [-0.2, 0) is 4.79 Å². The van der Waals surface area contributed by atoms with Crippen molar-refractivity contribution in [2.75, 3.05) is 14.2 Å². The highest BCUT2D eigenvalue weighted by molar-refractivity contribution is 5.81. The van der Waals surface area contributed by atoms with Gasteiger partial charge in [-0.2, -0.15) is 0 Å². The van der Waals surface area contributed by atoms with Crippen molar-refractivity contribution in [3.63, 3.8) is 0 Å². The van der Waals surface area contributed by atoms with E-state index >= 15 is 0 Å². The summed E-state index contributed by atoms with van der Waals surface area (Å²) in [6.45, 7) is 3.91. The Labute approximate surface area is 120 Å². The van der Waals surface area contributed by atoms with Gasteiger partial charge in [0.25, 0.3) is 0 Å². The third kappa shape index (κ3) is 4.13. The monoisotopic (exact) mass is 280 g/mol. The molecule has 0 fully saturated rings. The van der Waals surface area contributed by atoms with Gasteiger partial charge in [-0.15, -0.1) is 0 Å². The van der Waals surface area contributed by atoms with Crippen molar-refractivity contribution in [3.05, 3.63) is 23.8 Å². The van der Waals surface area contributed by atoms with Crippen LogP contribution in [0.15, 0.2) is 18.2 Å². The van der Waals surface area contributed by atoms with Crippen LogP contribution in [0.4, 0.5) is 0 Å². The first-order chi connectivity index (χ1) is 9.53. The molecule has 0 bridgehead atoms. The first-order valence-corrected chi connectivity index (χ1v) is 6.81. The van der Waals surface area contributed by atoms with Crippen LogP contribution < -0.4 is 20.5 Å². The molecule has 0 spiro atoms. The summed E-state index contributed by atoms with van der Waals surface area (Å²) in [6.07, 6.45) is 1.56. The molecule has 0 aromatic heterocycles. The highest BCUT2D eigenvalue weighted by Crippen LogP contribution is 2.29. The van der Waals surface area contributed by atoms with E-state index in [2.05, 4.69) is 5.32 Å². The van der Waals surface area contributed by atoms with Gasteiger partial charge in [0.1, 0.15) is 11.5 Å². The summed E-state index contributed by atoms with van der Waals surface area (Å²) < 4.78 is 10.5. The largest absolute Gasteiger partial charge is 0.497 e. The predicted octanol–water partition coefficient (Wildman–Crippen LogP) is 2.01. The zero-order chi connectivity index (χ0) is 15.1. The third-order valence-corrected chi connectivity index (χ3v) is 3.20. The third-order valence-electron chi connectivity index (χ3n) is 3.20. The van der Waals surface area contributed by atoms with Gasteiger partial charge < -0.3 is 20.5 Å². The summed E-state index contributed by atoms with van der Waals surface area (Å²) in [4.78, 5) is 11.9. The molecule has 20 heavy (non-hydrogen) atoms. The van der Waals surface area contributed by atoms with Gasteiger partial charge in [0.2, 0.25) is 5.91 Å². The number of ether oxygens (including phenoxy) is 2. The fourth-order valence-electron chi connectivity index (χ4n) is 2.02. The minimum absolute atomic E-state index is 0.141. The quantitative estimate of drug-likeness (QED) is 0.801. The van der Waals surface area contributed by atoms with E-state index in [1.807, 2.05) is 26.0 Å². The average molecular weight is 280 g/mol. The molecule has 2 atom stereocenters. The molecule has 0 radical (unpaired) electrons. The van der Waals surface area contributed by atoms with Crippen LogP contribution in [0.2, 0.25) is 0 Å². The molecular weight excluding hydrogens is 256 g/mol. The van der Waals surface area contributed by atoms with Gasteiger partial charge in [0.05, 0.1) is 26.3 Å². The predicted molar refractivity (Wildman–Crippen MR) is 79.0 cm³/mol. The fraction of sp³-hybridized carbons (Fsp3) is 0.533. The molecule has 0 aliphatic heterocycles. The van der Waals surface area contributed by atoms with Gasteiger partial charge in [-0.25, -0.2) is 0 Å². The number of nitrogens with two attached hydrogens (primary N) is 1. The maximum Gasteiger partial charge on any atom is 0.237 e. The smallest absolute Gasteiger partial charge is 0.237 e. The second-order valence-corrected chi connectivity index (χ2v) is 4.73. The molecule has 5 nitrogen and oxygen atoms in total. The topological polar surface area (TPSA) is 73.6 Å². The summed E-state index contributed by atoms with van der Waals surface area (Å²) in [6, 6.07) is 4.88. The molecule has 1 aromatic rings. The van der Waals surface area contributed by atoms with E-state index in [1.165, 1.54) is 0 Å². The maximum atomic E-state index is 11.9. The molecule has 0 saturated carbocycles. The lowest BCUT2D eigenvalue weighted by molar-refractivity contribution is -0.123. The summed E-state index contributed by atoms with van der Waals surface area (Å²) in [5.74, 6) is 1.25. The molecular formula is C15H24N2O3. The summed E-state index contributed by atoms with van der Waals surface area (Å²) >= 11 is 0. The second-order valence-electron chi connectivity index (χ2n) is 4.73. The van der Waals surface area contributed by atoms with Crippen molar-refractivity contribution in [1.82, 2.24) is 5.32 Å². The summed E-state index contributed by atoms with van der Waals surface area (Å²) in [5, 5.41) is 2.91. The van der Waals surface area contributed by atoms with Crippen LogP contribution in [-0.4, -0.2) is 26.2 Å². The van der Waals surface area contributed by atoms with Gasteiger partial charge in [-0.1, -0.05) is 13.3 Å². The van der Waals surface area contributed by atoms with E-state index in [0.29, 0.717) is 17.9 Å². The van der Waals surface area contributed by atoms with E-state index in [0.717, 1.165) is 12.0 Å². The molecule has 3 N–H and O–H groups in total. The lowest BCUT2D eigenvalue weighted by atomic mass is 10.1. The van der Waals surface area contributed by atoms with Crippen LogP contribution in [0.3, 0.4) is 0 Å². The fourth-order valence-corrected chi connectivity index (χ4v) is 2.02. The molecule has 0 saturated heterocycles. The molecule has 5 heteroatoms. The van der Waals surface area contributed by atoms with Gasteiger partial charge in [0, 0.05) is 11.6 Å². The lowest BCUT2D eigenvalue weighted by Gasteiger charge is -2.20. The van der Waals surface area contributed by atoms with Crippen molar-refractivity contribution < 1.29 is 14.3 Å². The minimum atomic E-state index is -0.466. The Morgan fingerprint density at radius 3 is 2.60 bits per heavy atom. The van der Waals surface area contributed by atoms with Gasteiger partial charge in [-0.05, 0) is 25.5 Å². The van der Waals surface area contributed by atoms with Gasteiger partial charge in [0.15, 0.2) is 0 Å². The number of nitrogens with one attached hydrogen (secondary N) is 1. The highest BCUT2D eigenvalue weighted by Gasteiger charge is 2.18. The number of carbonyl (C=O) groups is 1. The van der Waals surface area contributed by atoms with Crippen LogP contribution >= 0.6 is 0 Å². The number of hydrogen-bond donors (Lipinski definition) is 2. The first-order valence-electron chi connectivity index (χ1n) is 6.81. The number of carbonyl (C=O) groups excluding carboxylic acids is 1. The minimum Gasteiger partial charge on any atom is -0.497 e. The number of amides is 1. The number of hydrogen-bond acceptors (Lipinski definition) is 4. The maximum absolute atomic E-state index is 11.9. The normalized spacial score (nSPS) is 13.4. The molecule has 1 aromatic carbocycles. The van der Waals surface area contributed by atoms with Crippen LogP contribution in [0.1, 0.15) is 38.3 Å². The summed E-state index contributed by atoms with van der Waals surface area (Å²) in [7, 11) is 3.19. The highest BCUT2D eigenvalue weighted by atomic mass is 16.5. The lowest BCUT2D eigenvalue weighted by Crippen LogP contribution is -2.41. The Kier molecular flexibility index (Phi) is 6.31. The van der Waals surface area contributed by atoms with E-state index in [4.69, 9.17) is 15.2 Å². The van der Waals surface area contributed by atoms with Crippen LogP contribution in [0, 0.1) is 0 Å². The van der Waals surface area contributed by atoms with Crippen LogP contribution in [0.25, 0.3) is 0 Å². The van der Waals surface area contributed by atoms with E-state index in [1.54, 1.807) is 20.3 Å². The molecule has 1 rings (SSSR count). The average Bonchev–Trinajstić information content (AvgIpc) is 2.46. The molecule has 112 valence electrons. The van der Waals surface area contributed by atoms with E-state index < -0.39 is 6.04 Å². The van der Waals surface area contributed by atoms with Crippen LogP contribution in [0.5, 0.6) is 11.5 Å². The number of methoxy groups -OCH3 is 2. The summed E-state index contributed by atoms with van der Waals surface area (Å²) in [5.41, 5.74) is 6.70. The van der Waals surface area contributed by atoms with Gasteiger partial charge in [-0.3, -0.25) is 4.79 Å². The van der Waals surface area contributed by atoms with Crippen molar-refractivity contribution in [2.24, 2.45) is 5.73 Å². The van der Waals surface area contributed by atoms with Gasteiger partial charge >= 0.3 is 0 Å². The Morgan fingerprint density at radius 1 is 1.35 bits per heavy atom. The Balaban J connectivity index is 2.81. The SMILES string of the molecule is CCCC(N)C(=O)NC(C)c1ccc(OC)cc1OC. The Morgan fingerprint density at radius 2 is 2.05 bits per heavy atom. The van der Waals surface area contributed by atoms with Crippen molar-refractivity contribution in [2.45, 2.75) is 38.8 Å². The zero-order valence-corrected chi connectivity index (χ0v) is 12.6. The first kappa shape index (κ1) is 16.3. The van der Waals surface area contributed by atoms with E-state index in [-0.39, 0.29) is 11.9 Å². The Hall–Kier alpha value is -1.75. The van der Waals surface area contributed by atoms with Crippen molar-refractivity contribution in [1.29, 1.82) is 0 Å².